The number of nitrogens with two attached hydrogens (primary N) is 1. The first-order valence-corrected chi connectivity index (χ1v) is 8.78. The van der Waals surface area contributed by atoms with Crippen LogP contribution in [-0.2, 0) is 4.57 Å². The first-order chi connectivity index (χ1) is 8.64. The summed E-state index contributed by atoms with van der Waals surface area (Å²) in [5.41, 5.74) is 6.68. The third-order valence-electron chi connectivity index (χ3n) is 3.37. The highest BCUT2D eigenvalue weighted by Crippen LogP contribution is 2.31. The van der Waals surface area contributed by atoms with Gasteiger partial charge in [0.25, 0.3) is 0 Å². The lowest BCUT2D eigenvalue weighted by molar-refractivity contribution is 0.210. The van der Waals surface area contributed by atoms with E-state index < -0.39 is 7.82 Å². The van der Waals surface area contributed by atoms with Crippen molar-refractivity contribution in [3.63, 3.8) is 0 Å². The molecule has 0 aliphatic carbocycles. The van der Waals surface area contributed by atoms with E-state index in [9.17, 15) is 0 Å². The number of hydrogen-bond acceptors (Lipinski definition) is 2. The van der Waals surface area contributed by atoms with Crippen LogP contribution in [-0.4, -0.2) is 20.2 Å². The van der Waals surface area contributed by atoms with Crippen molar-refractivity contribution in [1.29, 1.82) is 0 Å². The first kappa shape index (κ1) is 21.4. The van der Waals surface area contributed by atoms with Crippen LogP contribution in [0.3, 0.4) is 0 Å². The first-order valence-electron chi connectivity index (χ1n) is 7.21. The maximum absolute atomic E-state index is 8.88. The molecule has 0 aliphatic rings. The Hall–Kier alpha value is 0.0700. The van der Waals surface area contributed by atoms with Gasteiger partial charge in [-0.05, 0) is 25.2 Å². The van der Waals surface area contributed by atoms with E-state index >= 15 is 0 Å². The summed E-state index contributed by atoms with van der Waals surface area (Å²) in [5, 5.41) is 0. The molecule has 0 aromatic carbocycles. The second-order valence-corrected chi connectivity index (χ2v) is 6.17. The van der Waals surface area contributed by atoms with E-state index in [4.69, 9.17) is 25.0 Å². The molecule has 5 N–H and O–H groups in total. The number of phosphoric acid groups is 1. The van der Waals surface area contributed by atoms with Gasteiger partial charge in [-0.25, -0.2) is 4.57 Å². The monoisotopic (exact) mass is 297 g/mol. The van der Waals surface area contributed by atoms with Gasteiger partial charge in [0, 0.05) is 5.54 Å². The summed E-state index contributed by atoms with van der Waals surface area (Å²) < 4.78 is 8.88. The van der Waals surface area contributed by atoms with Gasteiger partial charge < -0.3 is 20.4 Å². The minimum Gasteiger partial charge on any atom is -0.325 e. The Bertz CT molecular complexity index is 241. The molecule has 0 saturated heterocycles. The third kappa shape index (κ3) is 12.8. The fourth-order valence-corrected chi connectivity index (χ4v) is 2.71. The molecule has 0 aliphatic heterocycles. The topological polar surface area (TPSA) is 104 Å². The van der Waals surface area contributed by atoms with Crippen molar-refractivity contribution in [2.24, 2.45) is 11.7 Å². The minimum atomic E-state index is -4.64. The molecular weight excluding hydrogens is 265 g/mol. The molecule has 0 aromatic rings. The molecule has 5 nitrogen and oxygen atoms in total. The van der Waals surface area contributed by atoms with Crippen LogP contribution in [0.1, 0.15) is 72.6 Å². The number of rotatable bonds is 8. The van der Waals surface area contributed by atoms with E-state index in [0.29, 0.717) is 0 Å². The lowest BCUT2D eigenvalue weighted by Gasteiger charge is -2.37. The van der Waals surface area contributed by atoms with Gasteiger partial charge in [-0.3, -0.25) is 0 Å². The largest absolute Gasteiger partial charge is 0.466 e. The fraction of sp³-hybridized carbons (Fsp3) is 1.00. The van der Waals surface area contributed by atoms with Gasteiger partial charge in [-0.15, -0.1) is 0 Å². The molecule has 0 saturated carbocycles. The molecule has 0 rings (SSSR count). The molecule has 118 valence electrons. The van der Waals surface area contributed by atoms with Gasteiger partial charge >= 0.3 is 7.82 Å². The smallest absolute Gasteiger partial charge is 0.325 e. The SMILES string of the molecule is CCCC(CC)C(N)(CCC)CCC.O=P(O)(O)O. The fourth-order valence-electron chi connectivity index (χ4n) is 2.71. The molecule has 6 heteroatoms. The van der Waals surface area contributed by atoms with Crippen LogP contribution in [0.15, 0.2) is 0 Å². The maximum Gasteiger partial charge on any atom is 0.466 e. The molecular formula is C13H32NO4P. The molecule has 0 bridgehead atoms. The molecule has 0 aromatic heterocycles. The van der Waals surface area contributed by atoms with Crippen molar-refractivity contribution in [2.75, 3.05) is 0 Å². The van der Waals surface area contributed by atoms with Crippen LogP contribution in [0.5, 0.6) is 0 Å². The van der Waals surface area contributed by atoms with Crippen LogP contribution in [0.2, 0.25) is 0 Å². The van der Waals surface area contributed by atoms with Crippen LogP contribution < -0.4 is 5.73 Å². The third-order valence-corrected chi connectivity index (χ3v) is 3.37. The normalized spacial score (nSPS) is 13.7. The Morgan fingerprint density at radius 1 is 1.00 bits per heavy atom. The van der Waals surface area contributed by atoms with Crippen LogP contribution in [0.25, 0.3) is 0 Å². The molecule has 0 fully saturated rings. The van der Waals surface area contributed by atoms with E-state index in [1.54, 1.807) is 0 Å². The second-order valence-electron chi connectivity index (χ2n) is 5.14. The van der Waals surface area contributed by atoms with E-state index in [-0.39, 0.29) is 5.54 Å². The lowest BCUT2D eigenvalue weighted by atomic mass is 9.74. The Balaban J connectivity index is 0. The van der Waals surface area contributed by atoms with Gasteiger partial charge in [-0.2, -0.15) is 0 Å². The molecule has 0 radical (unpaired) electrons. The van der Waals surface area contributed by atoms with E-state index in [1.807, 2.05) is 0 Å². The average Bonchev–Trinajstić information content (AvgIpc) is 2.24. The average molecular weight is 297 g/mol. The lowest BCUT2D eigenvalue weighted by Crippen LogP contribution is -2.46. The highest BCUT2D eigenvalue weighted by molar-refractivity contribution is 7.45. The minimum absolute atomic E-state index is 0.119. The van der Waals surface area contributed by atoms with Crippen molar-refractivity contribution in [1.82, 2.24) is 0 Å². The molecule has 0 spiro atoms. The van der Waals surface area contributed by atoms with Gasteiger partial charge in [0.05, 0.1) is 0 Å². The van der Waals surface area contributed by atoms with Crippen molar-refractivity contribution in [3.8, 4) is 0 Å². The van der Waals surface area contributed by atoms with Crippen molar-refractivity contribution in [3.05, 3.63) is 0 Å². The summed E-state index contributed by atoms with van der Waals surface area (Å²) in [6.07, 6.45) is 8.63. The van der Waals surface area contributed by atoms with Crippen molar-refractivity contribution < 1.29 is 19.2 Å². The van der Waals surface area contributed by atoms with E-state index in [0.717, 1.165) is 5.92 Å². The van der Waals surface area contributed by atoms with Gasteiger partial charge in [0.2, 0.25) is 0 Å². The Kier molecular flexibility index (Phi) is 12.2. The van der Waals surface area contributed by atoms with E-state index in [1.165, 1.54) is 44.9 Å². The predicted octanol–water partition coefficient (Wildman–Crippen LogP) is 3.18. The number of hydrogen-bond donors (Lipinski definition) is 4. The summed E-state index contributed by atoms with van der Waals surface area (Å²) in [4.78, 5) is 21.6. The predicted molar refractivity (Wildman–Crippen MR) is 79.7 cm³/mol. The quantitative estimate of drug-likeness (QED) is 0.515. The zero-order valence-corrected chi connectivity index (χ0v) is 13.7. The second kappa shape index (κ2) is 10.8. The molecule has 1 atom stereocenters. The maximum atomic E-state index is 8.88. The Morgan fingerprint density at radius 2 is 1.37 bits per heavy atom. The highest BCUT2D eigenvalue weighted by Gasteiger charge is 2.30. The summed E-state index contributed by atoms with van der Waals surface area (Å²) in [6, 6.07) is 0. The van der Waals surface area contributed by atoms with Crippen LogP contribution >= 0.6 is 7.82 Å². The summed E-state index contributed by atoms with van der Waals surface area (Å²) in [5.74, 6) is 0.729. The van der Waals surface area contributed by atoms with Crippen molar-refractivity contribution in [2.45, 2.75) is 78.2 Å². The summed E-state index contributed by atoms with van der Waals surface area (Å²) in [7, 11) is -4.64. The van der Waals surface area contributed by atoms with E-state index in [2.05, 4.69) is 27.7 Å². The van der Waals surface area contributed by atoms with Gasteiger partial charge in [0.1, 0.15) is 0 Å². The Morgan fingerprint density at radius 3 is 1.58 bits per heavy atom. The molecule has 0 heterocycles. The molecule has 1 unspecified atom stereocenters. The van der Waals surface area contributed by atoms with Gasteiger partial charge in [-0.1, -0.05) is 53.4 Å². The zero-order valence-electron chi connectivity index (χ0n) is 12.8. The molecule has 19 heavy (non-hydrogen) atoms. The molecule has 0 amide bonds. The highest BCUT2D eigenvalue weighted by atomic mass is 31.2. The van der Waals surface area contributed by atoms with Gasteiger partial charge in [0.15, 0.2) is 0 Å². The van der Waals surface area contributed by atoms with Crippen LogP contribution in [0.4, 0.5) is 0 Å². The zero-order chi connectivity index (χ0) is 15.5. The van der Waals surface area contributed by atoms with Crippen LogP contribution in [0, 0.1) is 5.92 Å². The Labute approximate surface area is 117 Å². The summed E-state index contributed by atoms with van der Waals surface area (Å²) >= 11 is 0. The van der Waals surface area contributed by atoms with Crippen molar-refractivity contribution >= 4 is 7.82 Å². The standard InChI is InChI=1S/C13H29N.H3O4P/c1-5-9-12(8-4)13(14,10-6-2)11-7-3;1-5(2,3)4/h12H,5-11,14H2,1-4H3;(H3,1,2,3,4). The summed E-state index contributed by atoms with van der Waals surface area (Å²) in [6.45, 7) is 9.04.